The topological polar surface area (TPSA) is 78.9 Å². The summed E-state index contributed by atoms with van der Waals surface area (Å²) in [4.78, 5) is 22.7. The second-order valence-electron chi connectivity index (χ2n) is 6.98. The fraction of sp³-hybridized carbons (Fsp3) is 0.381. The minimum atomic E-state index is 0. The number of amides is 1. The van der Waals surface area contributed by atoms with Gasteiger partial charge in [0.15, 0.2) is 5.96 Å². The molecule has 156 valence electrons. The zero-order chi connectivity index (χ0) is 19.9. The number of benzene rings is 1. The van der Waals surface area contributed by atoms with Crippen molar-refractivity contribution in [3.05, 3.63) is 54.2 Å². The van der Waals surface area contributed by atoms with Crippen molar-refractivity contribution in [2.24, 2.45) is 4.99 Å². The number of aromatic nitrogens is 1. The van der Waals surface area contributed by atoms with Crippen molar-refractivity contribution in [3.63, 3.8) is 0 Å². The smallest absolute Gasteiger partial charge is 0.229 e. The molecule has 8 heteroatoms. The van der Waals surface area contributed by atoms with E-state index in [0.717, 1.165) is 11.3 Å². The van der Waals surface area contributed by atoms with E-state index < -0.39 is 0 Å². The molecule has 2 N–H and O–H groups in total. The van der Waals surface area contributed by atoms with Crippen molar-refractivity contribution in [1.82, 2.24) is 15.6 Å². The number of para-hydroxylation sites is 1. The van der Waals surface area contributed by atoms with E-state index in [9.17, 15) is 4.79 Å². The van der Waals surface area contributed by atoms with Crippen LogP contribution >= 0.6 is 24.0 Å². The maximum Gasteiger partial charge on any atom is 0.229 e. The van der Waals surface area contributed by atoms with Gasteiger partial charge in [-0.1, -0.05) is 24.3 Å². The van der Waals surface area contributed by atoms with Gasteiger partial charge in [0.05, 0.1) is 12.1 Å². The van der Waals surface area contributed by atoms with Gasteiger partial charge in [0.1, 0.15) is 0 Å². The Morgan fingerprint density at radius 2 is 2.03 bits per heavy atom. The number of nitrogens with one attached hydrogen (secondary N) is 2. The summed E-state index contributed by atoms with van der Waals surface area (Å²) < 4.78 is 5.56. The number of hydrogen-bond donors (Lipinski definition) is 2. The molecule has 1 saturated heterocycles. The Bertz CT molecular complexity index is 812. The minimum Gasteiger partial charge on any atom is -0.475 e. The maximum atomic E-state index is 12.3. The lowest BCUT2D eigenvalue weighted by molar-refractivity contribution is -0.117. The summed E-state index contributed by atoms with van der Waals surface area (Å²) in [7, 11) is 1.72. The number of aliphatic imine (C=N–C) groups is 1. The number of nitrogens with zero attached hydrogens (tertiary/aromatic N) is 3. The van der Waals surface area contributed by atoms with Gasteiger partial charge < -0.3 is 20.3 Å². The highest BCUT2D eigenvalue weighted by molar-refractivity contribution is 14.0. The van der Waals surface area contributed by atoms with Crippen LogP contribution in [-0.2, 0) is 11.3 Å². The maximum absolute atomic E-state index is 12.3. The van der Waals surface area contributed by atoms with Crippen molar-refractivity contribution in [2.75, 3.05) is 18.5 Å². The summed E-state index contributed by atoms with van der Waals surface area (Å²) in [6, 6.07) is 13.6. The largest absolute Gasteiger partial charge is 0.475 e. The number of guanidine groups is 1. The Hall–Kier alpha value is -2.36. The Kier molecular flexibility index (Phi) is 8.69. The van der Waals surface area contributed by atoms with E-state index in [1.165, 1.54) is 0 Å². The first kappa shape index (κ1) is 22.9. The van der Waals surface area contributed by atoms with Crippen LogP contribution in [0.3, 0.4) is 0 Å². The fourth-order valence-corrected chi connectivity index (χ4v) is 3.06. The van der Waals surface area contributed by atoms with E-state index >= 15 is 0 Å². The summed E-state index contributed by atoms with van der Waals surface area (Å²) >= 11 is 0. The van der Waals surface area contributed by atoms with Crippen LogP contribution in [0, 0.1) is 0 Å². The van der Waals surface area contributed by atoms with Crippen LogP contribution in [0.15, 0.2) is 53.7 Å². The molecule has 29 heavy (non-hydrogen) atoms. The van der Waals surface area contributed by atoms with Gasteiger partial charge in [-0.25, -0.2) is 4.98 Å². The van der Waals surface area contributed by atoms with Crippen LogP contribution in [0.2, 0.25) is 0 Å². The van der Waals surface area contributed by atoms with Gasteiger partial charge >= 0.3 is 0 Å². The van der Waals surface area contributed by atoms with Gasteiger partial charge in [0, 0.05) is 44.5 Å². The molecule has 2 heterocycles. The molecule has 0 spiro atoms. The molecule has 3 rings (SSSR count). The second-order valence-corrected chi connectivity index (χ2v) is 6.98. The predicted octanol–water partition coefficient (Wildman–Crippen LogP) is 2.96. The quantitative estimate of drug-likeness (QED) is 0.356. The number of hydrogen-bond acceptors (Lipinski definition) is 4. The zero-order valence-corrected chi connectivity index (χ0v) is 19.3. The first-order chi connectivity index (χ1) is 13.5. The van der Waals surface area contributed by atoms with Crippen LogP contribution in [-0.4, -0.2) is 42.6 Å². The fourth-order valence-electron chi connectivity index (χ4n) is 3.06. The molecule has 1 fully saturated rings. The highest BCUT2D eigenvalue weighted by Crippen LogP contribution is 2.21. The lowest BCUT2D eigenvalue weighted by Gasteiger charge is -2.19. The van der Waals surface area contributed by atoms with Crippen molar-refractivity contribution in [2.45, 2.75) is 39.0 Å². The van der Waals surface area contributed by atoms with Crippen LogP contribution in [0.25, 0.3) is 0 Å². The third-order valence-electron chi connectivity index (χ3n) is 4.37. The molecule has 1 aliphatic heterocycles. The van der Waals surface area contributed by atoms with Gasteiger partial charge in [-0.15, -0.1) is 24.0 Å². The number of halogens is 1. The number of carbonyl (C=O) groups is 1. The van der Waals surface area contributed by atoms with Crippen molar-refractivity contribution in [3.8, 4) is 5.88 Å². The normalized spacial score (nSPS) is 16.6. The number of anilines is 1. The Balaban J connectivity index is 0.00000300. The first-order valence-corrected chi connectivity index (χ1v) is 9.49. The van der Waals surface area contributed by atoms with Crippen LogP contribution in [0.5, 0.6) is 5.88 Å². The molecule has 1 unspecified atom stereocenters. The van der Waals surface area contributed by atoms with Crippen molar-refractivity contribution < 1.29 is 9.53 Å². The van der Waals surface area contributed by atoms with Gasteiger partial charge in [0.25, 0.3) is 0 Å². The molecule has 0 bridgehead atoms. The summed E-state index contributed by atoms with van der Waals surface area (Å²) in [6.45, 7) is 5.14. The summed E-state index contributed by atoms with van der Waals surface area (Å²) in [6.07, 6.45) is 2.33. The highest BCUT2D eigenvalue weighted by Gasteiger charge is 2.30. The van der Waals surface area contributed by atoms with Crippen molar-refractivity contribution >= 4 is 41.5 Å². The number of ether oxygens (including phenoxy) is 1. The SMILES string of the molecule is CN=C(NCc1ccc(OC(C)C)nc1)NC1CC(=O)N(c2ccccc2)C1.I. The monoisotopic (exact) mass is 509 g/mol. The molecule has 1 amide bonds. The van der Waals surface area contributed by atoms with Crippen molar-refractivity contribution in [1.29, 1.82) is 0 Å². The molecule has 1 aliphatic rings. The third kappa shape index (κ3) is 6.59. The van der Waals surface area contributed by atoms with E-state index in [4.69, 9.17) is 4.74 Å². The molecular weight excluding hydrogens is 481 g/mol. The van der Waals surface area contributed by atoms with E-state index in [1.807, 2.05) is 61.2 Å². The predicted molar refractivity (Wildman–Crippen MR) is 126 cm³/mol. The van der Waals surface area contributed by atoms with Gasteiger partial charge in [-0.2, -0.15) is 0 Å². The minimum absolute atomic E-state index is 0. The first-order valence-electron chi connectivity index (χ1n) is 9.49. The Morgan fingerprint density at radius 3 is 2.66 bits per heavy atom. The standard InChI is InChI=1S/C21H27N5O2.HI/c1-15(2)28-19-10-9-16(12-23-19)13-24-21(22-3)25-17-11-20(27)26(14-17)18-7-5-4-6-8-18;/h4-10,12,15,17H,11,13-14H2,1-3H3,(H2,22,24,25);1H. The Morgan fingerprint density at radius 1 is 1.28 bits per heavy atom. The van der Waals surface area contributed by atoms with E-state index in [2.05, 4.69) is 20.6 Å². The van der Waals surface area contributed by atoms with Gasteiger partial charge in [0.2, 0.25) is 11.8 Å². The summed E-state index contributed by atoms with van der Waals surface area (Å²) in [5, 5.41) is 6.61. The molecule has 0 saturated carbocycles. The van der Waals surface area contributed by atoms with Crippen LogP contribution in [0.4, 0.5) is 5.69 Å². The summed E-state index contributed by atoms with van der Waals surface area (Å²) in [5.41, 5.74) is 1.95. The molecule has 1 aromatic heterocycles. The van der Waals surface area contributed by atoms with Gasteiger partial charge in [-0.05, 0) is 31.5 Å². The molecule has 7 nitrogen and oxygen atoms in total. The molecular formula is C21H28IN5O2. The van der Waals surface area contributed by atoms with E-state index in [-0.39, 0.29) is 42.0 Å². The molecule has 0 aliphatic carbocycles. The van der Waals surface area contributed by atoms with E-state index in [1.54, 1.807) is 13.2 Å². The van der Waals surface area contributed by atoms with Crippen LogP contribution in [0.1, 0.15) is 25.8 Å². The zero-order valence-electron chi connectivity index (χ0n) is 17.0. The lowest BCUT2D eigenvalue weighted by Crippen LogP contribution is -2.44. The van der Waals surface area contributed by atoms with Gasteiger partial charge in [-0.3, -0.25) is 9.79 Å². The molecule has 2 aromatic rings. The highest BCUT2D eigenvalue weighted by atomic mass is 127. The Labute approximate surface area is 189 Å². The third-order valence-corrected chi connectivity index (χ3v) is 4.37. The van der Waals surface area contributed by atoms with Crippen LogP contribution < -0.4 is 20.3 Å². The average molecular weight is 509 g/mol. The second kappa shape index (κ2) is 11.0. The number of pyridine rings is 1. The number of rotatable bonds is 6. The molecule has 1 atom stereocenters. The average Bonchev–Trinajstić information content (AvgIpc) is 3.06. The summed E-state index contributed by atoms with van der Waals surface area (Å²) in [5.74, 6) is 1.39. The molecule has 1 aromatic carbocycles. The molecule has 0 radical (unpaired) electrons. The lowest BCUT2D eigenvalue weighted by atomic mass is 10.2. The van der Waals surface area contributed by atoms with E-state index in [0.29, 0.717) is 31.3 Å². The number of carbonyl (C=O) groups excluding carboxylic acids is 1.